The monoisotopic (exact) mass is 513 g/mol. The predicted octanol–water partition coefficient (Wildman–Crippen LogP) is -2.27. The number of rotatable bonds is 14. The molecule has 36 heavy (non-hydrogen) atoms. The maximum Gasteiger partial charge on any atom is 0.328 e. The molecule has 17 heteroatoms. The number of anilines is 1. The lowest BCUT2D eigenvalue weighted by atomic mass is 10.1. The van der Waals surface area contributed by atoms with E-state index < -0.39 is 83.9 Å². The number of aliphatic carboxylic acids is 3. The Morgan fingerprint density at radius 3 is 2.14 bits per heavy atom. The second kappa shape index (κ2) is 13.2. The number of aliphatic hydroxyl groups excluding tert-OH is 1. The van der Waals surface area contributed by atoms with E-state index in [9.17, 15) is 44.0 Å². The first-order valence-electron chi connectivity index (χ1n) is 9.97. The standard InChI is InChI=1S/C19H23N5O12/c1-8(25)16(19(33)34)23-18(32)11(5-14(27)28)22-13(26)6-21-17(31)9-2-3-10(20-7-15(29)30)12(4-9)24(35)36/h2-4,8,11,16,20,25H,5-7H2,1H3,(H,21,31)(H,22,26)(H,23,32)(H,27,28)(H,29,30)(H,33,34)/t8?,11?,16-/m0/s1. The second-order valence-electron chi connectivity index (χ2n) is 7.20. The molecule has 0 heterocycles. The SMILES string of the molecule is CC(O)[C@H](NC(=O)C(CC(=O)O)NC(=O)CNC(=O)c1ccc(NCC(=O)O)c([N+](=O)[O-])c1)C(=O)O. The zero-order valence-electron chi connectivity index (χ0n) is 18.6. The van der Waals surface area contributed by atoms with Crippen LogP contribution in [-0.2, 0) is 24.0 Å². The number of amides is 3. The van der Waals surface area contributed by atoms with Crippen molar-refractivity contribution in [3.8, 4) is 0 Å². The molecule has 3 amide bonds. The number of hydrogen-bond acceptors (Lipinski definition) is 10. The number of nitrogens with zero attached hydrogens (tertiary/aromatic N) is 1. The minimum absolute atomic E-state index is 0.170. The van der Waals surface area contributed by atoms with Crippen LogP contribution in [0.2, 0.25) is 0 Å². The molecular formula is C19H23N5O12. The third-order valence-electron chi connectivity index (χ3n) is 4.37. The molecule has 2 unspecified atom stereocenters. The van der Waals surface area contributed by atoms with Crippen LogP contribution in [0.5, 0.6) is 0 Å². The molecule has 0 spiro atoms. The van der Waals surface area contributed by atoms with E-state index in [0.29, 0.717) is 0 Å². The smallest absolute Gasteiger partial charge is 0.328 e. The van der Waals surface area contributed by atoms with E-state index in [0.717, 1.165) is 25.1 Å². The van der Waals surface area contributed by atoms with Gasteiger partial charge in [0.15, 0.2) is 6.04 Å². The molecule has 3 atom stereocenters. The third kappa shape index (κ3) is 9.21. The summed E-state index contributed by atoms with van der Waals surface area (Å²) in [6, 6.07) is -0.500. The zero-order valence-corrected chi connectivity index (χ0v) is 18.6. The van der Waals surface area contributed by atoms with E-state index in [1.165, 1.54) is 0 Å². The highest BCUT2D eigenvalue weighted by atomic mass is 16.6. The van der Waals surface area contributed by atoms with Gasteiger partial charge in [-0.25, -0.2) is 4.79 Å². The lowest BCUT2D eigenvalue weighted by Crippen LogP contribution is -2.56. The van der Waals surface area contributed by atoms with Gasteiger partial charge in [-0.3, -0.25) is 34.1 Å². The Balaban J connectivity index is 2.87. The van der Waals surface area contributed by atoms with Crippen molar-refractivity contribution in [1.82, 2.24) is 16.0 Å². The van der Waals surface area contributed by atoms with E-state index in [4.69, 9.17) is 15.3 Å². The van der Waals surface area contributed by atoms with E-state index in [1.54, 1.807) is 0 Å². The van der Waals surface area contributed by atoms with Crippen LogP contribution in [-0.4, -0.2) is 92.3 Å². The number of nitrogens with one attached hydrogen (secondary N) is 4. The van der Waals surface area contributed by atoms with Gasteiger partial charge in [-0.15, -0.1) is 0 Å². The fraction of sp³-hybridized carbons (Fsp3) is 0.368. The highest BCUT2D eigenvalue weighted by Crippen LogP contribution is 2.25. The lowest BCUT2D eigenvalue weighted by molar-refractivity contribution is -0.384. The van der Waals surface area contributed by atoms with Gasteiger partial charge in [-0.1, -0.05) is 0 Å². The van der Waals surface area contributed by atoms with Gasteiger partial charge in [0, 0.05) is 11.6 Å². The predicted molar refractivity (Wildman–Crippen MR) is 117 cm³/mol. The van der Waals surface area contributed by atoms with Gasteiger partial charge in [0.2, 0.25) is 11.8 Å². The summed E-state index contributed by atoms with van der Waals surface area (Å²) in [5.41, 5.74) is -1.05. The van der Waals surface area contributed by atoms with Crippen molar-refractivity contribution >= 4 is 47.0 Å². The van der Waals surface area contributed by atoms with Gasteiger partial charge in [0.1, 0.15) is 18.3 Å². The van der Waals surface area contributed by atoms with Gasteiger partial charge in [0.25, 0.3) is 11.6 Å². The molecule has 0 aromatic heterocycles. The Morgan fingerprint density at radius 2 is 1.64 bits per heavy atom. The number of nitro groups is 1. The summed E-state index contributed by atoms with van der Waals surface area (Å²) in [5, 5.41) is 55.6. The fourth-order valence-corrected chi connectivity index (χ4v) is 2.68. The maximum absolute atomic E-state index is 12.3. The Bertz CT molecular complexity index is 1060. The molecule has 1 aromatic rings. The molecule has 17 nitrogen and oxygen atoms in total. The maximum atomic E-state index is 12.3. The van der Waals surface area contributed by atoms with Gasteiger partial charge >= 0.3 is 17.9 Å². The van der Waals surface area contributed by atoms with Crippen LogP contribution in [0.25, 0.3) is 0 Å². The number of benzene rings is 1. The molecule has 0 fully saturated rings. The third-order valence-corrected chi connectivity index (χ3v) is 4.37. The average molecular weight is 513 g/mol. The first-order chi connectivity index (χ1) is 16.7. The Labute approximate surface area is 201 Å². The number of hydrogen-bond donors (Lipinski definition) is 8. The second-order valence-corrected chi connectivity index (χ2v) is 7.20. The first kappa shape index (κ1) is 29.2. The zero-order chi connectivity index (χ0) is 27.6. The van der Waals surface area contributed by atoms with Gasteiger partial charge in [0.05, 0.1) is 24.0 Å². The molecule has 0 bridgehead atoms. The first-order valence-corrected chi connectivity index (χ1v) is 9.97. The highest BCUT2D eigenvalue weighted by Gasteiger charge is 2.30. The van der Waals surface area contributed by atoms with Crippen molar-refractivity contribution in [3.63, 3.8) is 0 Å². The molecule has 196 valence electrons. The Kier molecular flexibility index (Phi) is 10.7. The number of carboxylic acid groups (broad SMARTS) is 3. The van der Waals surface area contributed by atoms with Crippen LogP contribution in [0.15, 0.2) is 18.2 Å². The van der Waals surface area contributed by atoms with Crippen LogP contribution in [0.1, 0.15) is 23.7 Å². The van der Waals surface area contributed by atoms with Crippen molar-refractivity contribution in [2.24, 2.45) is 0 Å². The number of aliphatic hydroxyl groups is 1. The van der Waals surface area contributed by atoms with Crippen LogP contribution in [0.3, 0.4) is 0 Å². The van der Waals surface area contributed by atoms with Gasteiger partial charge in [-0.05, 0) is 19.1 Å². The van der Waals surface area contributed by atoms with E-state index in [-0.39, 0.29) is 11.3 Å². The summed E-state index contributed by atoms with van der Waals surface area (Å²) in [6.07, 6.45) is -2.49. The van der Waals surface area contributed by atoms with Crippen LogP contribution in [0.4, 0.5) is 11.4 Å². The van der Waals surface area contributed by atoms with Gasteiger partial charge < -0.3 is 41.7 Å². The summed E-state index contributed by atoms with van der Waals surface area (Å²) in [6.45, 7) is -0.353. The summed E-state index contributed by atoms with van der Waals surface area (Å²) in [5.74, 6) is -7.64. The molecule has 0 aliphatic carbocycles. The number of carbonyl (C=O) groups excluding carboxylic acids is 3. The fourth-order valence-electron chi connectivity index (χ4n) is 2.68. The molecule has 1 aromatic carbocycles. The Morgan fingerprint density at radius 1 is 1.00 bits per heavy atom. The van der Waals surface area contributed by atoms with E-state index >= 15 is 0 Å². The summed E-state index contributed by atoms with van der Waals surface area (Å²) in [4.78, 5) is 79.9. The van der Waals surface area contributed by atoms with Crippen molar-refractivity contribution in [3.05, 3.63) is 33.9 Å². The number of nitro benzene ring substituents is 1. The summed E-state index contributed by atoms with van der Waals surface area (Å²) < 4.78 is 0. The van der Waals surface area contributed by atoms with Crippen molar-refractivity contribution in [1.29, 1.82) is 0 Å². The van der Waals surface area contributed by atoms with Gasteiger partial charge in [-0.2, -0.15) is 0 Å². The minimum atomic E-state index is -1.78. The Hall–Kier alpha value is -4.80. The molecule has 1 rings (SSSR count). The average Bonchev–Trinajstić information content (AvgIpc) is 2.77. The molecule has 0 radical (unpaired) electrons. The van der Waals surface area contributed by atoms with Crippen LogP contribution >= 0.6 is 0 Å². The number of carboxylic acids is 3. The minimum Gasteiger partial charge on any atom is -0.481 e. The number of carbonyl (C=O) groups is 6. The molecule has 0 aliphatic heterocycles. The molecule has 0 saturated carbocycles. The molecular weight excluding hydrogens is 490 g/mol. The topological polar surface area (TPSA) is 275 Å². The highest BCUT2D eigenvalue weighted by molar-refractivity contribution is 5.99. The molecule has 0 saturated heterocycles. The molecule has 0 aliphatic rings. The van der Waals surface area contributed by atoms with Crippen molar-refractivity contribution in [2.45, 2.75) is 31.5 Å². The van der Waals surface area contributed by atoms with Crippen LogP contribution < -0.4 is 21.3 Å². The summed E-state index contributed by atoms with van der Waals surface area (Å²) in [7, 11) is 0. The van der Waals surface area contributed by atoms with E-state index in [1.807, 2.05) is 10.6 Å². The van der Waals surface area contributed by atoms with Crippen LogP contribution in [0, 0.1) is 10.1 Å². The normalized spacial score (nSPS) is 12.8. The lowest BCUT2D eigenvalue weighted by Gasteiger charge is -2.22. The summed E-state index contributed by atoms with van der Waals surface area (Å²) >= 11 is 0. The van der Waals surface area contributed by atoms with Crippen molar-refractivity contribution < 1.29 is 54.1 Å². The molecule has 8 N–H and O–H groups in total. The largest absolute Gasteiger partial charge is 0.481 e. The van der Waals surface area contributed by atoms with Crippen molar-refractivity contribution in [2.75, 3.05) is 18.4 Å². The quantitative estimate of drug-likeness (QED) is 0.0963. The van der Waals surface area contributed by atoms with E-state index in [2.05, 4.69) is 10.6 Å².